The summed E-state index contributed by atoms with van der Waals surface area (Å²) >= 11 is 0. The molecule has 3 aliphatic rings. The summed E-state index contributed by atoms with van der Waals surface area (Å²) in [4.78, 5) is 15.8. The van der Waals surface area contributed by atoms with Crippen molar-refractivity contribution in [2.45, 2.75) is 51.5 Å². The summed E-state index contributed by atoms with van der Waals surface area (Å²) in [5.41, 5.74) is 3.71. The molecule has 10 nitrogen and oxygen atoms in total. The molecule has 0 amide bonds. The summed E-state index contributed by atoms with van der Waals surface area (Å²) in [7, 11) is 0.739. The van der Waals surface area contributed by atoms with Gasteiger partial charge in [-0.2, -0.15) is 18.4 Å². The van der Waals surface area contributed by atoms with Crippen molar-refractivity contribution in [3.63, 3.8) is 0 Å². The highest BCUT2D eigenvalue weighted by molar-refractivity contribution is 7.81. The maximum atomic E-state index is 13.1. The normalized spacial score (nSPS) is 20.2. The second-order valence-electron chi connectivity index (χ2n) is 14.2. The average molecular weight is 709 g/mol. The number of nitriles is 1. The van der Waals surface area contributed by atoms with Crippen LogP contribution >= 0.6 is 0 Å². The van der Waals surface area contributed by atoms with Crippen LogP contribution in [0.25, 0.3) is 21.8 Å². The molecule has 4 aromatic rings. The topological polar surface area (TPSA) is 93.8 Å². The fourth-order valence-electron chi connectivity index (χ4n) is 8.13. The van der Waals surface area contributed by atoms with Gasteiger partial charge in [-0.05, 0) is 62.7 Å². The number of piperidine rings is 1. The van der Waals surface area contributed by atoms with Gasteiger partial charge in [0.2, 0.25) is 0 Å². The quantitative estimate of drug-likeness (QED) is 0.241. The van der Waals surface area contributed by atoms with Gasteiger partial charge in [0.15, 0.2) is 0 Å². The number of methoxy groups -OCH3 is 1. The van der Waals surface area contributed by atoms with Crippen molar-refractivity contribution in [2.24, 2.45) is 5.41 Å². The number of ether oxygens (including phenoxy) is 1. The van der Waals surface area contributed by atoms with Crippen molar-refractivity contribution in [1.82, 2.24) is 28.6 Å². The Hall–Kier alpha value is -3.77. The number of rotatable bonds is 9. The Bertz CT molecular complexity index is 1940. The van der Waals surface area contributed by atoms with Gasteiger partial charge in [-0.25, -0.2) is 18.5 Å². The molecule has 3 fully saturated rings. The standard InChI is InChI=1S/C36H43F3N8O2S/c1-25(44-12-14-46(15-13-44)50(3)48)20-47-28(19-40)17-30-32(47)7-5-27(33(30)49-2)21-43-10-8-35(9-11-43)22-45(23-35)34-29-16-26(18-36(37,38)39)4-6-31(29)41-24-42-34/h4-7,16-17,24-25H,8-15,18,20-23H2,1-3H3. The molecule has 5 heterocycles. The maximum absolute atomic E-state index is 13.1. The van der Waals surface area contributed by atoms with Crippen LogP contribution in [0.2, 0.25) is 0 Å². The van der Waals surface area contributed by atoms with Crippen molar-refractivity contribution in [3.8, 4) is 11.8 Å². The van der Waals surface area contributed by atoms with E-state index in [2.05, 4.69) is 54.4 Å². The molecule has 2 aromatic carbocycles. The number of hydrogen-bond donors (Lipinski definition) is 0. The first-order valence-electron chi connectivity index (χ1n) is 17.2. The minimum Gasteiger partial charge on any atom is -0.496 e. The number of aromatic nitrogens is 3. The molecule has 0 aliphatic carbocycles. The minimum atomic E-state index is -4.27. The molecule has 3 aliphatic heterocycles. The van der Waals surface area contributed by atoms with Crippen LogP contribution in [0.5, 0.6) is 5.75 Å². The fourth-order valence-corrected chi connectivity index (χ4v) is 8.81. The smallest absolute Gasteiger partial charge is 0.393 e. The van der Waals surface area contributed by atoms with E-state index in [1.165, 1.54) is 12.4 Å². The van der Waals surface area contributed by atoms with Crippen LogP contribution in [-0.2, 0) is 30.5 Å². The Kier molecular flexibility index (Phi) is 9.53. The Morgan fingerprint density at radius 3 is 2.42 bits per heavy atom. The Labute approximate surface area is 293 Å². The third-order valence-electron chi connectivity index (χ3n) is 10.9. The molecule has 14 heteroatoms. The van der Waals surface area contributed by atoms with Crippen LogP contribution in [-0.4, -0.2) is 111 Å². The predicted molar refractivity (Wildman–Crippen MR) is 188 cm³/mol. The first-order chi connectivity index (χ1) is 24.0. The lowest BCUT2D eigenvalue weighted by atomic mass is 9.72. The molecule has 0 radical (unpaired) electrons. The molecule has 0 saturated carbocycles. The van der Waals surface area contributed by atoms with Crippen molar-refractivity contribution < 1.29 is 22.1 Å². The van der Waals surface area contributed by atoms with E-state index in [4.69, 9.17) is 4.74 Å². The van der Waals surface area contributed by atoms with Gasteiger partial charge < -0.3 is 14.2 Å². The molecule has 0 N–H and O–H groups in total. The molecule has 2 aromatic heterocycles. The number of fused-ring (bicyclic) bond motifs is 2. The zero-order chi connectivity index (χ0) is 35.2. The number of hydrogen-bond acceptors (Lipinski definition) is 8. The van der Waals surface area contributed by atoms with E-state index in [0.29, 0.717) is 29.0 Å². The summed E-state index contributed by atoms with van der Waals surface area (Å²) < 4.78 is 61.2. The van der Waals surface area contributed by atoms with Crippen molar-refractivity contribution in [1.29, 1.82) is 5.26 Å². The molecule has 0 bridgehead atoms. The number of piperazine rings is 1. The Morgan fingerprint density at radius 1 is 1.02 bits per heavy atom. The van der Waals surface area contributed by atoms with E-state index >= 15 is 0 Å². The third-order valence-corrected chi connectivity index (χ3v) is 12.0. The Balaban J connectivity index is 1.00. The second-order valence-corrected chi connectivity index (χ2v) is 15.5. The lowest BCUT2D eigenvalue weighted by molar-refractivity contribution is -0.127. The summed E-state index contributed by atoms with van der Waals surface area (Å²) in [6.45, 7) is 10.3. The van der Waals surface area contributed by atoms with E-state index < -0.39 is 23.6 Å². The van der Waals surface area contributed by atoms with Gasteiger partial charge >= 0.3 is 6.18 Å². The van der Waals surface area contributed by atoms with Crippen molar-refractivity contribution in [3.05, 3.63) is 59.5 Å². The van der Waals surface area contributed by atoms with Gasteiger partial charge in [0.25, 0.3) is 0 Å². The first kappa shape index (κ1) is 34.7. The molecule has 2 unspecified atom stereocenters. The van der Waals surface area contributed by atoms with Gasteiger partial charge in [0.1, 0.15) is 29.7 Å². The largest absolute Gasteiger partial charge is 0.496 e. The fraction of sp³-hybridized carbons (Fsp3) is 0.528. The van der Waals surface area contributed by atoms with Gasteiger partial charge in [0, 0.05) is 86.4 Å². The monoisotopic (exact) mass is 708 g/mol. The molecule has 50 heavy (non-hydrogen) atoms. The third kappa shape index (κ3) is 6.93. The molecule has 7 rings (SSSR count). The highest BCUT2D eigenvalue weighted by atomic mass is 32.2. The van der Waals surface area contributed by atoms with Gasteiger partial charge in [0.05, 0.1) is 35.5 Å². The Morgan fingerprint density at radius 2 is 1.76 bits per heavy atom. The maximum Gasteiger partial charge on any atom is 0.393 e. The molecule has 1 spiro atoms. The lowest BCUT2D eigenvalue weighted by Gasteiger charge is -2.54. The summed E-state index contributed by atoms with van der Waals surface area (Å²) in [6, 6.07) is 13.5. The SMILES string of the molecule is COc1c(CN2CCC3(CC2)CN(c2ncnc4ccc(CC(F)(F)F)cc24)C3)ccc2c1cc(C#N)n2CC(C)N1CCN(S(C)=O)CC1. The van der Waals surface area contributed by atoms with Gasteiger partial charge in [-0.1, -0.05) is 12.1 Å². The molecular formula is C36H43F3N8O2S. The number of halogens is 3. The van der Waals surface area contributed by atoms with Crippen LogP contribution in [0, 0.1) is 16.7 Å². The summed E-state index contributed by atoms with van der Waals surface area (Å²) in [5.74, 6) is 1.51. The zero-order valence-electron chi connectivity index (χ0n) is 28.7. The number of likely N-dealkylation sites (tertiary alicyclic amines) is 1. The first-order valence-corrected chi connectivity index (χ1v) is 18.7. The summed E-state index contributed by atoms with van der Waals surface area (Å²) in [5, 5.41) is 11.7. The lowest BCUT2D eigenvalue weighted by Crippen LogP contribution is -2.60. The van der Waals surface area contributed by atoms with E-state index in [0.717, 1.165) is 94.0 Å². The number of benzene rings is 2. The van der Waals surface area contributed by atoms with E-state index in [-0.39, 0.29) is 17.0 Å². The van der Waals surface area contributed by atoms with Gasteiger partial charge in [-0.3, -0.25) is 9.80 Å². The van der Waals surface area contributed by atoms with Crippen LogP contribution in [0.3, 0.4) is 0 Å². The van der Waals surface area contributed by atoms with Crippen LogP contribution < -0.4 is 9.64 Å². The molecular weight excluding hydrogens is 666 g/mol. The van der Waals surface area contributed by atoms with E-state index in [1.54, 1.807) is 25.5 Å². The van der Waals surface area contributed by atoms with Crippen LogP contribution in [0.15, 0.2) is 42.7 Å². The minimum absolute atomic E-state index is 0.154. The second kappa shape index (κ2) is 13.7. The van der Waals surface area contributed by atoms with Gasteiger partial charge in [-0.15, -0.1) is 0 Å². The molecule has 3 saturated heterocycles. The number of anilines is 1. The van der Waals surface area contributed by atoms with E-state index in [1.807, 2.05) is 10.4 Å². The molecule has 2 atom stereocenters. The zero-order valence-corrected chi connectivity index (χ0v) is 29.6. The van der Waals surface area contributed by atoms with Crippen molar-refractivity contribution in [2.75, 3.05) is 70.6 Å². The van der Waals surface area contributed by atoms with Crippen LogP contribution in [0.4, 0.5) is 19.0 Å². The number of nitrogens with zero attached hydrogens (tertiary/aromatic N) is 8. The predicted octanol–water partition coefficient (Wildman–Crippen LogP) is 4.97. The highest BCUT2D eigenvalue weighted by Gasteiger charge is 2.46. The molecule has 266 valence electrons. The van der Waals surface area contributed by atoms with E-state index in [9.17, 15) is 22.6 Å². The van der Waals surface area contributed by atoms with Crippen molar-refractivity contribution >= 4 is 38.6 Å². The number of alkyl halides is 3. The average Bonchev–Trinajstić information content (AvgIpc) is 3.43. The van der Waals surface area contributed by atoms with Crippen LogP contribution in [0.1, 0.15) is 36.6 Å². The highest BCUT2D eigenvalue weighted by Crippen LogP contribution is 2.44. The summed E-state index contributed by atoms with van der Waals surface area (Å²) in [6.07, 6.45) is 0.0181.